The van der Waals surface area contributed by atoms with Crippen LogP contribution in [-0.4, -0.2) is 19.1 Å². The summed E-state index contributed by atoms with van der Waals surface area (Å²) in [5, 5.41) is 2.77. The summed E-state index contributed by atoms with van der Waals surface area (Å²) >= 11 is 0. The Balaban J connectivity index is 1.98. The summed E-state index contributed by atoms with van der Waals surface area (Å²) in [6, 6.07) is 10.5. The van der Waals surface area contributed by atoms with Crippen molar-refractivity contribution in [2.75, 3.05) is 12.4 Å². The van der Waals surface area contributed by atoms with E-state index in [1.165, 1.54) is 0 Å². The number of carbonyl (C=O) groups is 1. The van der Waals surface area contributed by atoms with Gasteiger partial charge in [-0.1, -0.05) is 0 Å². The summed E-state index contributed by atoms with van der Waals surface area (Å²) in [5.74, 6) is 1.34. The molecule has 0 spiro atoms. The molecular formula is C16H19NO4. The standard InChI is InChI=1S/C16H19NO4/c1-11(2)20-13-6-4-12(5-7-13)17-16(18)15-9-8-14(21-15)10-19-3/h4-9,11H,10H2,1-3H3,(H,17,18). The van der Waals surface area contributed by atoms with Crippen molar-refractivity contribution in [1.82, 2.24) is 0 Å². The minimum atomic E-state index is -0.296. The van der Waals surface area contributed by atoms with Crippen LogP contribution in [0.5, 0.6) is 5.75 Å². The van der Waals surface area contributed by atoms with E-state index in [0.29, 0.717) is 18.1 Å². The Kier molecular flexibility index (Phi) is 5.00. The third-order valence-electron chi connectivity index (χ3n) is 2.66. The number of methoxy groups -OCH3 is 1. The fraction of sp³-hybridized carbons (Fsp3) is 0.312. The molecule has 0 aliphatic rings. The van der Waals surface area contributed by atoms with E-state index < -0.39 is 0 Å². The van der Waals surface area contributed by atoms with E-state index >= 15 is 0 Å². The van der Waals surface area contributed by atoms with Crippen LogP contribution >= 0.6 is 0 Å². The van der Waals surface area contributed by atoms with E-state index in [4.69, 9.17) is 13.9 Å². The molecule has 21 heavy (non-hydrogen) atoms. The molecule has 0 radical (unpaired) electrons. The molecule has 1 amide bonds. The van der Waals surface area contributed by atoms with Gasteiger partial charge in [0.15, 0.2) is 5.76 Å². The molecule has 0 atom stereocenters. The number of hydrogen-bond acceptors (Lipinski definition) is 4. The quantitative estimate of drug-likeness (QED) is 0.884. The van der Waals surface area contributed by atoms with Crippen LogP contribution in [0.3, 0.4) is 0 Å². The maximum Gasteiger partial charge on any atom is 0.291 e. The molecule has 2 aromatic rings. The average Bonchev–Trinajstić information content (AvgIpc) is 2.89. The van der Waals surface area contributed by atoms with Crippen molar-refractivity contribution in [3.63, 3.8) is 0 Å². The first kappa shape index (κ1) is 15.1. The predicted molar refractivity (Wildman–Crippen MR) is 79.6 cm³/mol. The first-order chi connectivity index (χ1) is 10.1. The molecule has 1 aromatic heterocycles. The Morgan fingerprint density at radius 1 is 1.19 bits per heavy atom. The molecule has 5 heteroatoms. The summed E-state index contributed by atoms with van der Waals surface area (Å²) in [7, 11) is 1.57. The van der Waals surface area contributed by atoms with Gasteiger partial charge < -0.3 is 19.2 Å². The molecule has 0 saturated heterocycles. The van der Waals surface area contributed by atoms with Crippen molar-refractivity contribution in [3.05, 3.63) is 47.9 Å². The lowest BCUT2D eigenvalue weighted by Gasteiger charge is -2.10. The average molecular weight is 289 g/mol. The minimum absolute atomic E-state index is 0.118. The van der Waals surface area contributed by atoms with E-state index in [0.717, 1.165) is 5.75 Å². The van der Waals surface area contributed by atoms with Crippen molar-refractivity contribution >= 4 is 11.6 Å². The lowest BCUT2D eigenvalue weighted by atomic mass is 10.3. The van der Waals surface area contributed by atoms with E-state index in [2.05, 4.69) is 5.32 Å². The molecule has 0 aliphatic carbocycles. The van der Waals surface area contributed by atoms with Crippen molar-refractivity contribution in [3.8, 4) is 5.75 Å². The van der Waals surface area contributed by atoms with Gasteiger partial charge in [0.05, 0.1) is 6.10 Å². The number of furan rings is 1. The number of amides is 1. The number of benzene rings is 1. The Morgan fingerprint density at radius 3 is 2.52 bits per heavy atom. The van der Waals surface area contributed by atoms with Gasteiger partial charge >= 0.3 is 0 Å². The van der Waals surface area contributed by atoms with Crippen LogP contribution in [-0.2, 0) is 11.3 Å². The predicted octanol–water partition coefficient (Wildman–Crippen LogP) is 3.47. The smallest absolute Gasteiger partial charge is 0.291 e. The summed E-state index contributed by atoms with van der Waals surface area (Å²) in [5.41, 5.74) is 0.681. The summed E-state index contributed by atoms with van der Waals surface area (Å²) < 4.78 is 15.9. The SMILES string of the molecule is COCc1ccc(C(=O)Nc2ccc(OC(C)C)cc2)o1. The second-order valence-corrected chi connectivity index (χ2v) is 4.84. The second-order valence-electron chi connectivity index (χ2n) is 4.84. The van der Waals surface area contributed by atoms with Gasteiger partial charge in [0.2, 0.25) is 0 Å². The van der Waals surface area contributed by atoms with Gasteiger partial charge in [-0.3, -0.25) is 4.79 Å². The molecule has 0 bridgehead atoms. The van der Waals surface area contributed by atoms with Gasteiger partial charge in [-0.15, -0.1) is 0 Å². The zero-order valence-corrected chi connectivity index (χ0v) is 12.4. The Bertz CT molecular complexity index is 587. The van der Waals surface area contributed by atoms with Crippen LogP contribution in [0.15, 0.2) is 40.8 Å². The van der Waals surface area contributed by atoms with Gasteiger partial charge in [0, 0.05) is 12.8 Å². The monoisotopic (exact) mass is 289 g/mol. The largest absolute Gasteiger partial charge is 0.491 e. The number of anilines is 1. The zero-order chi connectivity index (χ0) is 15.2. The third kappa shape index (κ3) is 4.36. The molecule has 112 valence electrons. The van der Waals surface area contributed by atoms with Crippen LogP contribution in [0.25, 0.3) is 0 Å². The highest BCUT2D eigenvalue weighted by atomic mass is 16.5. The Labute approximate surface area is 123 Å². The Morgan fingerprint density at radius 2 is 1.90 bits per heavy atom. The maximum atomic E-state index is 12.0. The van der Waals surface area contributed by atoms with E-state index in [1.807, 2.05) is 26.0 Å². The molecule has 1 N–H and O–H groups in total. The summed E-state index contributed by atoms with van der Waals surface area (Å²) in [6.07, 6.45) is 0.118. The van der Waals surface area contributed by atoms with Crippen molar-refractivity contribution in [2.45, 2.75) is 26.6 Å². The van der Waals surface area contributed by atoms with Crippen molar-refractivity contribution < 1.29 is 18.7 Å². The summed E-state index contributed by atoms with van der Waals surface area (Å²) in [4.78, 5) is 12.0. The first-order valence-electron chi connectivity index (χ1n) is 6.74. The molecule has 1 aromatic carbocycles. The minimum Gasteiger partial charge on any atom is -0.491 e. The van der Waals surface area contributed by atoms with Crippen LogP contribution < -0.4 is 10.1 Å². The van der Waals surface area contributed by atoms with Crippen molar-refractivity contribution in [1.29, 1.82) is 0 Å². The van der Waals surface area contributed by atoms with Crippen LogP contribution in [0, 0.1) is 0 Å². The molecular weight excluding hydrogens is 270 g/mol. The number of rotatable bonds is 6. The first-order valence-corrected chi connectivity index (χ1v) is 6.74. The molecule has 0 saturated carbocycles. The number of ether oxygens (including phenoxy) is 2. The molecule has 0 aliphatic heterocycles. The van der Waals surface area contributed by atoms with Gasteiger partial charge in [-0.2, -0.15) is 0 Å². The molecule has 5 nitrogen and oxygen atoms in total. The highest BCUT2D eigenvalue weighted by molar-refractivity contribution is 6.02. The van der Waals surface area contributed by atoms with Gasteiger partial charge in [0.1, 0.15) is 18.1 Å². The van der Waals surface area contributed by atoms with E-state index in [-0.39, 0.29) is 17.8 Å². The topological polar surface area (TPSA) is 60.7 Å². The second kappa shape index (κ2) is 6.95. The highest BCUT2D eigenvalue weighted by Crippen LogP contribution is 2.18. The third-order valence-corrected chi connectivity index (χ3v) is 2.66. The zero-order valence-electron chi connectivity index (χ0n) is 12.4. The van der Waals surface area contributed by atoms with Gasteiger partial charge in [-0.25, -0.2) is 0 Å². The molecule has 2 rings (SSSR count). The lowest BCUT2D eigenvalue weighted by Crippen LogP contribution is -2.11. The lowest BCUT2D eigenvalue weighted by molar-refractivity contribution is 0.0987. The number of hydrogen-bond donors (Lipinski definition) is 1. The molecule has 0 unspecified atom stereocenters. The van der Waals surface area contributed by atoms with Crippen molar-refractivity contribution in [2.24, 2.45) is 0 Å². The number of nitrogens with one attached hydrogen (secondary N) is 1. The maximum absolute atomic E-state index is 12.0. The Hall–Kier alpha value is -2.27. The fourth-order valence-electron chi connectivity index (χ4n) is 1.80. The van der Waals surface area contributed by atoms with Crippen LogP contribution in [0.2, 0.25) is 0 Å². The number of carbonyl (C=O) groups excluding carboxylic acids is 1. The van der Waals surface area contributed by atoms with Crippen LogP contribution in [0.4, 0.5) is 5.69 Å². The fourth-order valence-corrected chi connectivity index (χ4v) is 1.80. The molecule has 1 heterocycles. The molecule has 0 fully saturated rings. The normalized spacial score (nSPS) is 10.7. The summed E-state index contributed by atoms with van der Waals surface area (Å²) in [6.45, 7) is 4.27. The van der Waals surface area contributed by atoms with E-state index in [9.17, 15) is 4.79 Å². The van der Waals surface area contributed by atoms with E-state index in [1.54, 1.807) is 31.4 Å². The van der Waals surface area contributed by atoms with Gasteiger partial charge in [0.25, 0.3) is 5.91 Å². The van der Waals surface area contributed by atoms with Gasteiger partial charge in [-0.05, 0) is 50.2 Å². The van der Waals surface area contributed by atoms with Crippen LogP contribution in [0.1, 0.15) is 30.2 Å². The highest BCUT2D eigenvalue weighted by Gasteiger charge is 2.11.